The highest BCUT2D eigenvalue weighted by Gasteiger charge is 2.35. The molecule has 0 radical (unpaired) electrons. The zero-order chi connectivity index (χ0) is 32.7. The maximum Gasteiger partial charge on any atom is 0.328 e. The number of esters is 2. The third kappa shape index (κ3) is 16.2. The van der Waals surface area contributed by atoms with Gasteiger partial charge in [-0.15, -0.1) is 0 Å². The first-order valence-electron chi connectivity index (χ1n) is 14.6. The van der Waals surface area contributed by atoms with Crippen LogP contribution >= 0.6 is 0 Å². The van der Waals surface area contributed by atoms with E-state index < -0.39 is 23.9 Å². The second-order valence-electron chi connectivity index (χ2n) is 9.44. The Morgan fingerprint density at radius 2 is 1.36 bits per heavy atom. The number of ether oxygens (including phenoxy) is 2. The minimum atomic E-state index is -0.942. The maximum absolute atomic E-state index is 12.6. The molecule has 2 saturated heterocycles. The molecular weight excluding hydrogens is 550 g/mol. The van der Waals surface area contributed by atoms with Crippen LogP contribution < -0.4 is 5.73 Å². The summed E-state index contributed by atoms with van der Waals surface area (Å²) in [7, 11) is 2.62. The summed E-state index contributed by atoms with van der Waals surface area (Å²) >= 11 is 0. The van der Waals surface area contributed by atoms with Crippen LogP contribution in [0.4, 0.5) is 0 Å². The first-order chi connectivity index (χ1) is 20.0. The molecular formula is C28H53N5O9. The average Bonchev–Trinajstić information content (AvgIpc) is 3.66. The van der Waals surface area contributed by atoms with Crippen LogP contribution in [-0.4, -0.2) is 139 Å². The summed E-state index contributed by atoms with van der Waals surface area (Å²) in [5.41, 5.74) is 5.25. The zero-order valence-electron chi connectivity index (χ0n) is 26.5. The second-order valence-corrected chi connectivity index (χ2v) is 9.44. The Morgan fingerprint density at radius 3 is 1.83 bits per heavy atom. The second kappa shape index (κ2) is 24.3. The number of methoxy groups -OCH3 is 2. The molecule has 14 heteroatoms. The molecule has 0 aliphatic carbocycles. The van der Waals surface area contributed by atoms with E-state index in [1.54, 1.807) is 9.80 Å². The normalized spacial score (nSPS) is 17.2. The van der Waals surface area contributed by atoms with Gasteiger partial charge in [0.1, 0.15) is 12.1 Å². The van der Waals surface area contributed by atoms with Crippen molar-refractivity contribution in [2.24, 2.45) is 5.73 Å². The number of hydrogen-bond donors (Lipinski definition) is 2. The fraction of sp³-hybridized carbons (Fsp3) is 0.786. The lowest BCUT2D eigenvalue weighted by Crippen LogP contribution is -2.49. The van der Waals surface area contributed by atoms with E-state index in [1.165, 1.54) is 30.4 Å². The Morgan fingerprint density at radius 1 is 0.857 bits per heavy atom. The number of rotatable bonds is 13. The van der Waals surface area contributed by atoms with Crippen LogP contribution in [0.25, 0.3) is 0 Å². The molecule has 2 aliphatic rings. The number of likely N-dealkylation sites (N-methyl/N-ethyl adjacent to an activating group) is 1. The van der Waals surface area contributed by atoms with Crippen molar-refractivity contribution >= 4 is 36.1 Å². The van der Waals surface area contributed by atoms with Gasteiger partial charge in [0.2, 0.25) is 18.2 Å². The van der Waals surface area contributed by atoms with E-state index in [0.29, 0.717) is 52.0 Å². The molecule has 244 valence electrons. The molecule has 0 bridgehead atoms. The third-order valence-corrected chi connectivity index (χ3v) is 6.23. The number of likely N-dealkylation sites (tertiary alicyclic amines) is 2. The fourth-order valence-electron chi connectivity index (χ4n) is 4.29. The number of nitrogens with two attached hydrogens (primary N) is 1. The molecule has 0 aromatic carbocycles. The van der Waals surface area contributed by atoms with Crippen molar-refractivity contribution in [3.8, 4) is 0 Å². The first kappa shape index (κ1) is 40.9. The van der Waals surface area contributed by atoms with Gasteiger partial charge in [-0.1, -0.05) is 41.0 Å². The summed E-state index contributed by atoms with van der Waals surface area (Å²) in [6.45, 7) is 12.1. The molecule has 2 heterocycles. The lowest BCUT2D eigenvalue weighted by molar-refractivity contribution is -0.151. The van der Waals surface area contributed by atoms with E-state index in [1.807, 2.05) is 20.8 Å². The zero-order valence-corrected chi connectivity index (χ0v) is 26.5. The number of primary amides is 1. The molecule has 3 amide bonds. The summed E-state index contributed by atoms with van der Waals surface area (Å²) in [5.74, 6) is -2.56. The highest BCUT2D eigenvalue weighted by atomic mass is 16.5. The molecule has 2 rings (SSSR count). The summed E-state index contributed by atoms with van der Waals surface area (Å²) in [6.07, 6.45) is 4.83. The van der Waals surface area contributed by atoms with E-state index in [-0.39, 0.29) is 37.6 Å². The summed E-state index contributed by atoms with van der Waals surface area (Å²) in [4.78, 5) is 74.0. The number of aliphatic carboxylic acids is 1. The molecule has 2 fully saturated rings. The van der Waals surface area contributed by atoms with Gasteiger partial charge in [0.05, 0.1) is 33.9 Å². The Kier molecular flexibility index (Phi) is 23.7. The van der Waals surface area contributed by atoms with Gasteiger partial charge in [0, 0.05) is 26.2 Å². The van der Waals surface area contributed by atoms with Gasteiger partial charge in [0.25, 0.3) is 0 Å². The van der Waals surface area contributed by atoms with Gasteiger partial charge < -0.3 is 30.1 Å². The van der Waals surface area contributed by atoms with Crippen molar-refractivity contribution in [2.75, 3.05) is 66.6 Å². The molecule has 2 atom stereocenters. The smallest absolute Gasteiger partial charge is 0.328 e. The van der Waals surface area contributed by atoms with Gasteiger partial charge >= 0.3 is 17.9 Å². The van der Waals surface area contributed by atoms with Gasteiger partial charge in [-0.05, 0) is 32.2 Å². The third-order valence-electron chi connectivity index (χ3n) is 6.23. The van der Waals surface area contributed by atoms with Crippen molar-refractivity contribution in [1.82, 2.24) is 19.6 Å². The van der Waals surface area contributed by atoms with Crippen LogP contribution in [-0.2, 0) is 38.2 Å². The van der Waals surface area contributed by atoms with Gasteiger partial charge in [-0.2, -0.15) is 0 Å². The standard InChI is InChI=1S/C16H28N4O6.C7H11NO3.C3H8.C2H6/c1-3-18(11-15(23)24)7-8-19(9-13(17)21)10-14(22)20-6-4-5-12(20)16(25)26-2;1-11-7(10)6-3-2-4-8(6)5-9;1-3-2;1-2/h12H,3-11H2,1-2H3,(H2,17,21)(H,23,24);5-6H,2-4H2,1H3;3H2,1-2H3;1-2H3. The maximum atomic E-state index is 12.6. The summed E-state index contributed by atoms with van der Waals surface area (Å²) < 4.78 is 9.26. The van der Waals surface area contributed by atoms with Crippen LogP contribution in [0.2, 0.25) is 0 Å². The predicted octanol–water partition coefficient (Wildman–Crippen LogP) is 0.567. The van der Waals surface area contributed by atoms with Crippen LogP contribution in [0, 0.1) is 0 Å². The highest BCUT2D eigenvalue weighted by molar-refractivity contribution is 5.86. The Hall–Kier alpha value is -3.26. The van der Waals surface area contributed by atoms with Gasteiger partial charge in [-0.25, -0.2) is 9.59 Å². The number of carbonyl (C=O) groups is 6. The molecule has 0 saturated carbocycles. The molecule has 0 aromatic rings. The summed E-state index contributed by atoms with van der Waals surface area (Å²) in [6, 6.07) is -0.931. The van der Waals surface area contributed by atoms with E-state index >= 15 is 0 Å². The molecule has 14 nitrogen and oxygen atoms in total. The van der Waals surface area contributed by atoms with Crippen molar-refractivity contribution in [1.29, 1.82) is 0 Å². The number of carboxylic acids is 1. The number of carboxylic acid groups (broad SMARTS) is 1. The lowest BCUT2D eigenvalue weighted by Gasteiger charge is -2.28. The quantitative estimate of drug-likeness (QED) is 0.222. The Labute approximate surface area is 250 Å². The predicted molar refractivity (Wildman–Crippen MR) is 157 cm³/mol. The number of carbonyl (C=O) groups excluding carboxylic acids is 5. The van der Waals surface area contributed by atoms with Gasteiger partial charge in [0.15, 0.2) is 0 Å². The Balaban J connectivity index is 0. The topological polar surface area (TPSA) is 180 Å². The van der Waals surface area contributed by atoms with Crippen molar-refractivity contribution in [3.63, 3.8) is 0 Å². The van der Waals surface area contributed by atoms with Crippen LogP contribution in [0.5, 0.6) is 0 Å². The lowest BCUT2D eigenvalue weighted by atomic mass is 10.2. The fourth-order valence-corrected chi connectivity index (χ4v) is 4.29. The highest BCUT2D eigenvalue weighted by Crippen LogP contribution is 2.19. The van der Waals surface area contributed by atoms with E-state index in [0.717, 1.165) is 12.8 Å². The number of nitrogens with zero attached hydrogens (tertiary/aromatic N) is 4. The van der Waals surface area contributed by atoms with E-state index in [9.17, 15) is 28.8 Å². The molecule has 42 heavy (non-hydrogen) atoms. The SMILES string of the molecule is CC.CCC.CCN(CCN(CC(N)=O)CC(=O)N1CCCC1C(=O)OC)CC(=O)O.COC(=O)C1CCCN1C=O. The first-order valence-corrected chi connectivity index (χ1v) is 14.6. The van der Waals surface area contributed by atoms with Gasteiger partial charge in [-0.3, -0.25) is 29.0 Å². The van der Waals surface area contributed by atoms with E-state index in [2.05, 4.69) is 18.6 Å². The van der Waals surface area contributed by atoms with Crippen molar-refractivity contribution in [3.05, 3.63) is 0 Å². The minimum Gasteiger partial charge on any atom is -0.480 e. The van der Waals surface area contributed by atoms with Crippen LogP contribution in [0.3, 0.4) is 0 Å². The largest absolute Gasteiger partial charge is 0.480 e. The van der Waals surface area contributed by atoms with Crippen molar-refractivity contribution < 1.29 is 43.3 Å². The molecule has 2 unspecified atom stereocenters. The minimum absolute atomic E-state index is 0.0684. The Bertz CT molecular complexity index is 828. The number of amides is 3. The monoisotopic (exact) mass is 603 g/mol. The van der Waals surface area contributed by atoms with Crippen molar-refractivity contribution in [2.45, 2.75) is 78.8 Å². The average molecular weight is 604 g/mol. The molecule has 0 spiro atoms. The number of hydrogen-bond acceptors (Lipinski definition) is 10. The van der Waals surface area contributed by atoms with Crippen LogP contribution in [0.1, 0.15) is 66.7 Å². The molecule has 0 aromatic heterocycles. The van der Waals surface area contributed by atoms with E-state index in [4.69, 9.17) is 15.6 Å². The molecule has 2 aliphatic heterocycles. The summed E-state index contributed by atoms with van der Waals surface area (Å²) in [5, 5.41) is 8.89. The molecule has 3 N–H and O–H groups in total. The van der Waals surface area contributed by atoms with Crippen LogP contribution in [0.15, 0.2) is 0 Å².